The first-order valence-electron chi connectivity index (χ1n) is 6.12. The Hall–Kier alpha value is -2.01. The molecule has 0 atom stereocenters. The van der Waals surface area contributed by atoms with Crippen molar-refractivity contribution in [1.29, 1.82) is 0 Å². The Balaban J connectivity index is 2.31. The van der Waals surface area contributed by atoms with E-state index in [1.54, 1.807) is 16.8 Å². The Morgan fingerprint density at radius 3 is 2.75 bits per heavy atom. The van der Waals surface area contributed by atoms with Gasteiger partial charge in [-0.3, -0.25) is 4.79 Å². The van der Waals surface area contributed by atoms with Gasteiger partial charge in [0.25, 0.3) is 5.91 Å². The number of nitrogens with two attached hydrogens (primary N) is 1. The molecule has 1 aromatic carbocycles. The number of nitrogens with zero attached hydrogens (tertiary/aromatic N) is 1. The van der Waals surface area contributed by atoms with Crippen molar-refractivity contribution in [2.45, 2.75) is 19.9 Å². The fraction of sp³-hybridized carbons (Fsp3) is 0.214. The van der Waals surface area contributed by atoms with Crippen LogP contribution in [0.3, 0.4) is 0 Å². The molecule has 0 spiro atoms. The predicted molar refractivity (Wildman–Crippen MR) is 78.6 cm³/mol. The monoisotopic (exact) mass is 295 g/mol. The van der Waals surface area contributed by atoms with Gasteiger partial charge in [0.15, 0.2) is 0 Å². The molecule has 3 N–H and O–H groups in total. The van der Waals surface area contributed by atoms with Crippen LogP contribution in [0.1, 0.15) is 30.4 Å². The minimum absolute atomic E-state index is 0.0770. The predicted octanol–water partition coefficient (Wildman–Crippen LogP) is 3.70. The minimum atomic E-state index is -0.466. The van der Waals surface area contributed by atoms with E-state index in [9.17, 15) is 9.18 Å². The van der Waals surface area contributed by atoms with Crippen LogP contribution in [0.4, 0.5) is 15.8 Å². The van der Waals surface area contributed by atoms with Crippen molar-refractivity contribution in [3.8, 4) is 0 Å². The largest absolute Gasteiger partial charge is 0.397 e. The highest BCUT2D eigenvalue weighted by molar-refractivity contribution is 6.31. The molecule has 4 nitrogen and oxygen atoms in total. The normalized spacial score (nSPS) is 10.8. The lowest BCUT2D eigenvalue weighted by molar-refractivity contribution is 0.101. The van der Waals surface area contributed by atoms with Gasteiger partial charge in [-0.15, -0.1) is 0 Å². The summed E-state index contributed by atoms with van der Waals surface area (Å²) in [5, 5.41) is 3.06. The van der Waals surface area contributed by atoms with E-state index in [-0.39, 0.29) is 17.6 Å². The van der Waals surface area contributed by atoms with Crippen LogP contribution >= 0.6 is 11.6 Å². The maximum absolute atomic E-state index is 13.2. The van der Waals surface area contributed by atoms with Crippen LogP contribution in [0.15, 0.2) is 30.5 Å². The third-order valence-corrected chi connectivity index (χ3v) is 3.07. The van der Waals surface area contributed by atoms with Gasteiger partial charge in [0, 0.05) is 12.2 Å². The van der Waals surface area contributed by atoms with Gasteiger partial charge < -0.3 is 15.6 Å². The molecule has 0 saturated carbocycles. The highest BCUT2D eigenvalue weighted by Crippen LogP contribution is 2.23. The number of benzene rings is 1. The molecule has 20 heavy (non-hydrogen) atoms. The summed E-state index contributed by atoms with van der Waals surface area (Å²) < 4.78 is 14.9. The highest BCUT2D eigenvalue weighted by atomic mass is 35.5. The second-order valence-electron chi connectivity index (χ2n) is 4.73. The van der Waals surface area contributed by atoms with Crippen molar-refractivity contribution >= 4 is 28.9 Å². The molecular formula is C14H15ClFN3O. The van der Waals surface area contributed by atoms with E-state index in [0.29, 0.717) is 16.4 Å². The van der Waals surface area contributed by atoms with E-state index in [2.05, 4.69) is 5.32 Å². The fourth-order valence-corrected chi connectivity index (χ4v) is 2.09. The van der Waals surface area contributed by atoms with Crippen LogP contribution in [0.5, 0.6) is 0 Å². The first kappa shape index (κ1) is 14.4. The molecule has 2 rings (SSSR count). The number of nitrogen functional groups attached to an aromatic ring is 1. The highest BCUT2D eigenvalue weighted by Gasteiger charge is 2.16. The van der Waals surface area contributed by atoms with E-state index < -0.39 is 5.82 Å². The minimum Gasteiger partial charge on any atom is -0.397 e. The lowest BCUT2D eigenvalue weighted by Gasteiger charge is -2.13. The topological polar surface area (TPSA) is 60.0 Å². The quantitative estimate of drug-likeness (QED) is 0.848. The molecular weight excluding hydrogens is 281 g/mol. The summed E-state index contributed by atoms with van der Waals surface area (Å²) in [6, 6.07) is 5.45. The maximum Gasteiger partial charge on any atom is 0.272 e. The van der Waals surface area contributed by atoms with Crippen molar-refractivity contribution in [2.75, 3.05) is 11.1 Å². The molecule has 0 fully saturated rings. The molecule has 0 aliphatic heterocycles. The Morgan fingerprint density at radius 2 is 2.10 bits per heavy atom. The van der Waals surface area contributed by atoms with Gasteiger partial charge in [-0.1, -0.05) is 11.6 Å². The molecule has 0 unspecified atom stereocenters. The lowest BCUT2D eigenvalue weighted by Crippen LogP contribution is -2.18. The van der Waals surface area contributed by atoms with Crippen molar-refractivity contribution in [3.63, 3.8) is 0 Å². The Bertz CT molecular complexity index is 652. The molecule has 1 heterocycles. The standard InChI is InChI=1S/C14H15ClFN3O/c1-8(2)19-7-9(15)5-13(19)14(20)18-12-6-10(16)3-4-11(12)17/h3-8H,17H2,1-2H3,(H,18,20). The van der Waals surface area contributed by atoms with Crippen LogP contribution in [-0.2, 0) is 0 Å². The van der Waals surface area contributed by atoms with Gasteiger partial charge in [0.05, 0.1) is 16.4 Å². The SMILES string of the molecule is CC(C)n1cc(Cl)cc1C(=O)Nc1cc(F)ccc1N. The zero-order chi connectivity index (χ0) is 14.9. The van der Waals surface area contributed by atoms with Crippen molar-refractivity contribution < 1.29 is 9.18 Å². The van der Waals surface area contributed by atoms with Crippen LogP contribution in [0, 0.1) is 5.82 Å². The Kier molecular flexibility index (Phi) is 3.99. The molecule has 0 radical (unpaired) electrons. The van der Waals surface area contributed by atoms with Gasteiger partial charge in [-0.05, 0) is 38.1 Å². The van der Waals surface area contributed by atoms with E-state index in [4.69, 9.17) is 17.3 Å². The molecule has 0 bridgehead atoms. The van der Waals surface area contributed by atoms with Gasteiger partial charge in [-0.25, -0.2) is 4.39 Å². The number of anilines is 2. The number of amides is 1. The van der Waals surface area contributed by atoms with Crippen LogP contribution in [0.2, 0.25) is 5.02 Å². The first-order valence-corrected chi connectivity index (χ1v) is 6.50. The summed E-state index contributed by atoms with van der Waals surface area (Å²) in [5.74, 6) is -0.852. The number of carbonyl (C=O) groups is 1. The third kappa shape index (κ3) is 2.93. The summed E-state index contributed by atoms with van der Waals surface area (Å²) in [6.07, 6.45) is 1.68. The number of aromatic nitrogens is 1. The maximum atomic E-state index is 13.2. The molecule has 2 aromatic rings. The van der Waals surface area contributed by atoms with E-state index in [1.807, 2.05) is 13.8 Å². The zero-order valence-corrected chi connectivity index (χ0v) is 11.9. The number of hydrogen-bond acceptors (Lipinski definition) is 2. The second-order valence-corrected chi connectivity index (χ2v) is 5.17. The average Bonchev–Trinajstić information content (AvgIpc) is 2.76. The van der Waals surface area contributed by atoms with Gasteiger partial charge in [0.2, 0.25) is 0 Å². The smallest absolute Gasteiger partial charge is 0.272 e. The molecule has 106 valence electrons. The van der Waals surface area contributed by atoms with E-state index >= 15 is 0 Å². The van der Waals surface area contributed by atoms with Crippen molar-refractivity contribution in [1.82, 2.24) is 4.57 Å². The van der Waals surface area contributed by atoms with E-state index in [1.165, 1.54) is 18.2 Å². The molecule has 0 aliphatic rings. The first-order chi connectivity index (χ1) is 9.38. The number of carbonyl (C=O) groups excluding carboxylic acids is 1. The summed E-state index contributed by atoms with van der Waals surface area (Å²) >= 11 is 5.93. The van der Waals surface area contributed by atoms with Crippen molar-refractivity contribution in [3.05, 3.63) is 47.0 Å². The fourth-order valence-electron chi connectivity index (χ4n) is 1.88. The van der Waals surface area contributed by atoms with E-state index in [0.717, 1.165) is 0 Å². The van der Waals surface area contributed by atoms with Crippen LogP contribution in [-0.4, -0.2) is 10.5 Å². The van der Waals surface area contributed by atoms with Crippen LogP contribution < -0.4 is 11.1 Å². The Morgan fingerprint density at radius 1 is 1.40 bits per heavy atom. The second kappa shape index (κ2) is 5.54. The summed E-state index contributed by atoms with van der Waals surface area (Å²) in [5.41, 5.74) is 6.64. The van der Waals surface area contributed by atoms with Crippen LogP contribution in [0.25, 0.3) is 0 Å². The summed E-state index contributed by atoms with van der Waals surface area (Å²) in [4.78, 5) is 12.2. The van der Waals surface area contributed by atoms with Crippen molar-refractivity contribution in [2.24, 2.45) is 0 Å². The zero-order valence-electron chi connectivity index (χ0n) is 11.2. The number of halogens is 2. The molecule has 1 aromatic heterocycles. The molecule has 0 aliphatic carbocycles. The molecule has 1 amide bonds. The molecule has 0 saturated heterocycles. The Labute approximate surface area is 121 Å². The number of rotatable bonds is 3. The third-order valence-electron chi connectivity index (χ3n) is 2.87. The lowest BCUT2D eigenvalue weighted by atomic mass is 10.2. The van der Waals surface area contributed by atoms with Gasteiger partial charge >= 0.3 is 0 Å². The molecule has 6 heteroatoms. The van der Waals surface area contributed by atoms with Gasteiger partial charge in [-0.2, -0.15) is 0 Å². The summed E-state index contributed by atoms with van der Waals surface area (Å²) in [7, 11) is 0. The average molecular weight is 296 g/mol. The van der Waals surface area contributed by atoms with Gasteiger partial charge in [0.1, 0.15) is 11.5 Å². The summed E-state index contributed by atoms with van der Waals surface area (Å²) in [6.45, 7) is 3.87. The number of hydrogen-bond donors (Lipinski definition) is 2. The number of nitrogens with one attached hydrogen (secondary N) is 1.